The van der Waals surface area contributed by atoms with Crippen LogP contribution in [0.2, 0.25) is 0 Å². The maximum atomic E-state index is 11.5. The van der Waals surface area contributed by atoms with Gasteiger partial charge >= 0.3 is 5.97 Å². The first-order valence-electron chi connectivity index (χ1n) is 5.63. The summed E-state index contributed by atoms with van der Waals surface area (Å²) in [5, 5.41) is 0.602. The number of carbonyl (C=O) groups is 3. The van der Waals surface area contributed by atoms with Gasteiger partial charge in [-0.1, -0.05) is 26.7 Å². The molecule has 0 spiro atoms. The van der Waals surface area contributed by atoms with E-state index in [4.69, 9.17) is 4.84 Å². The van der Waals surface area contributed by atoms with Gasteiger partial charge in [0.1, 0.15) is 0 Å². The maximum absolute atomic E-state index is 11.5. The average molecular weight is 227 g/mol. The molecule has 0 aromatic carbocycles. The molecule has 0 aromatic rings. The van der Waals surface area contributed by atoms with Crippen molar-refractivity contribution in [2.24, 2.45) is 5.92 Å². The topological polar surface area (TPSA) is 63.7 Å². The van der Waals surface area contributed by atoms with Crippen molar-refractivity contribution in [3.05, 3.63) is 0 Å². The molecule has 5 nitrogen and oxygen atoms in total. The molecule has 5 heteroatoms. The Kier molecular flexibility index (Phi) is 4.46. The van der Waals surface area contributed by atoms with Crippen LogP contribution in [0.3, 0.4) is 0 Å². The van der Waals surface area contributed by atoms with Gasteiger partial charge in [-0.15, -0.1) is 5.06 Å². The second-order valence-electron chi connectivity index (χ2n) is 4.04. The predicted octanol–water partition coefficient (Wildman–Crippen LogP) is 1.42. The van der Waals surface area contributed by atoms with Crippen molar-refractivity contribution in [1.29, 1.82) is 0 Å². The third-order valence-electron chi connectivity index (χ3n) is 2.58. The zero-order chi connectivity index (χ0) is 12.1. The van der Waals surface area contributed by atoms with Crippen LogP contribution >= 0.6 is 0 Å². The van der Waals surface area contributed by atoms with E-state index in [0.29, 0.717) is 11.5 Å². The Morgan fingerprint density at radius 1 is 1.38 bits per heavy atom. The fraction of sp³-hybridized carbons (Fsp3) is 0.727. The first kappa shape index (κ1) is 12.7. The van der Waals surface area contributed by atoms with Gasteiger partial charge in [-0.25, -0.2) is 4.79 Å². The normalized spacial score (nSPS) is 17.8. The summed E-state index contributed by atoms with van der Waals surface area (Å²) in [6.07, 6.45) is 2.91. The van der Waals surface area contributed by atoms with Gasteiger partial charge in [-0.3, -0.25) is 9.59 Å². The molecule has 1 atom stereocenters. The largest absolute Gasteiger partial charge is 0.335 e. The minimum absolute atomic E-state index is 0.134. The lowest BCUT2D eigenvalue weighted by Crippen LogP contribution is -2.34. The highest BCUT2D eigenvalue weighted by molar-refractivity contribution is 6.01. The molecule has 0 N–H and O–H groups in total. The van der Waals surface area contributed by atoms with Crippen molar-refractivity contribution >= 4 is 17.8 Å². The van der Waals surface area contributed by atoms with Crippen molar-refractivity contribution in [2.75, 3.05) is 0 Å². The van der Waals surface area contributed by atoms with Gasteiger partial charge in [0.2, 0.25) is 0 Å². The molecular formula is C11H17NO4. The molecule has 0 saturated carbocycles. The zero-order valence-electron chi connectivity index (χ0n) is 9.69. The molecular weight excluding hydrogens is 210 g/mol. The molecule has 0 aliphatic carbocycles. The van der Waals surface area contributed by atoms with Crippen molar-refractivity contribution in [3.8, 4) is 0 Å². The summed E-state index contributed by atoms with van der Waals surface area (Å²) in [5.41, 5.74) is 0. The summed E-state index contributed by atoms with van der Waals surface area (Å²) in [6.45, 7) is 3.77. The minimum atomic E-state index is -0.503. The van der Waals surface area contributed by atoms with Crippen molar-refractivity contribution in [2.45, 2.75) is 46.0 Å². The van der Waals surface area contributed by atoms with Crippen LogP contribution in [0.1, 0.15) is 46.0 Å². The van der Waals surface area contributed by atoms with Gasteiger partial charge in [-0.05, 0) is 6.42 Å². The van der Waals surface area contributed by atoms with Gasteiger partial charge in [0.25, 0.3) is 11.8 Å². The van der Waals surface area contributed by atoms with Crippen LogP contribution in [-0.2, 0) is 19.2 Å². The molecule has 1 unspecified atom stereocenters. The molecule has 1 heterocycles. The Morgan fingerprint density at radius 3 is 2.44 bits per heavy atom. The van der Waals surface area contributed by atoms with Crippen molar-refractivity contribution in [3.63, 3.8) is 0 Å². The molecule has 1 aliphatic rings. The highest BCUT2D eigenvalue weighted by Gasteiger charge is 2.33. The highest BCUT2D eigenvalue weighted by Crippen LogP contribution is 2.16. The van der Waals surface area contributed by atoms with Crippen molar-refractivity contribution in [1.82, 2.24) is 5.06 Å². The predicted molar refractivity (Wildman–Crippen MR) is 55.9 cm³/mol. The number of hydrogen-bond donors (Lipinski definition) is 0. The van der Waals surface area contributed by atoms with Gasteiger partial charge in [-0.2, -0.15) is 0 Å². The van der Waals surface area contributed by atoms with Crippen molar-refractivity contribution < 1.29 is 19.2 Å². The minimum Gasteiger partial charge on any atom is -0.330 e. The van der Waals surface area contributed by atoms with Gasteiger partial charge < -0.3 is 4.84 Å². The van der Waals surface area contributed by atoms with Crippen LogP contribution in [0.15, 0.2) is 0 Å². The fourth-order valence-electron chi connectivity index (χ4n) is 1.47. The monoisotopic (exact) mass is 227 g/mol. The van der Waals surface area contributed by atoms with Crippen LogP contribution in [0.5, 0.6) is 0 Å². The summed E-state index contributed by atoms with van der Waals surface area (Å²) in [7, 11) is 0. The summed E-state index contributed by atoms with van der Waals surface area (Å²) in [6, 6.07) is 0. The van der Waals surface area contributed by atoms with Crippen LogP contribution in [0.4, 0.5) is 0 Å². The smallest absolute Gasteiger partial charge is 0.330 e. The highest BCUT2D eigenvalue weighted by atomic mass is 16.7. The van der Waals surface area contributed by atoms with Crippen LogP contribution in [-0.4, -0.2) is 22.8 Å². The second-order valence-corrected chi connectivity index (χ2v) is 4.04. The number of amides is 2. The van der Waals surface area contributed by atoms with E-state index >= 15 is 0 Å². The third kappa shape index (κ3) is 3.05. The van der Waals surface area contributed by atoms with E-state index < -0.39 is 17.8 Å². The summed E-state index contributed by atoms with van der Waals surface area (Å²) >= 11 is 0. The second kappa shape index (κ2) is 5.63. The van der Waals surface area contributed by atoms with E-state index in [-0.39, 0.29) is 18.8 Å². The Balaban J connectivity index is 2.44. The average Bonchev–Trinajstić information content (AvgIpc) is 2.57. The number of nitrogens with zero attached hydrogens (tertiary/aromatic N) is 1. The molecule has 0 aromatic heterocycles. The lowest BCUT2D eigenvalue weighted by molar-refractivity contribution is -0.200. The first-order chi connectivity index (χ1) is 7.56. The number of imide groups is 1. The molecule has 1 aliphatic heterocycles. The molecule has 0 bridgehead atoms. The van der Waals surface area contributed by atoms with Gasteiger partial charge in [0.15, 0.2) is 0 Å². The summed E-state index contributed by atoms with van der Waals surface area (Å²) in [4.78, 5) is 38.7. The Bertz CT molecular complexity index is 284. The number of carbonyl (C=O) groups excluding carboxylic acids is 3. The fourth-order valence-corrected chi connectivity index (χ4v) is 1.47. The number of hydrogen-bond acceptors (Lipinski definition) is 4. The lowest BCUT2D eigenvalue weighted by atomic mass is 10.1. The van der Waals surface area contributed by atoms with E-state index in [1.165, 1.54) is 0 Å². The third-order valence-corrected chi connectivity index (χ3v) is 2.58. The zero-order valence-corrected chi connectivity index (χ0v) is 9.69. The Morgan fingerprint density at radius 2 is 1.94 bits per heavy atom. The molecule has 1 fully saturated rings. The van der Waals surface area contributed by atoms with Crippen LogP contribution < -0.4 is 0 Å². The summed E-state index contributed by atoms with van der Waals surface area (Å²) in [5.74, 6) is -1.64. The quantitative estimate of drug-likeness (QED) is 0.666. The van der Waals surface area contributed by atoms with E-state index in [0.717, 1.165) is 12.8 Å². The van der Waals surface area contributed by atoms with Crippen LogP contribution in [0, 0.1) is 5.92 Å². The number of rotatable bonds is 5. The Labute approximate surface area is 94.7 Å². The molecule has 90 valence electrons. The van der Waals surface area contributed by atoms with E-state index in [2.05, 4.69) is 0 Å². The molecule has 16 heavy (non-hydrogen) atoms. The first-order valence-corrected chi connectivity index (χ1v) is 5.63. The number of hydroxylamine groups is 2. The van der Waals surface area contributed by atoms with E-state index in [9.17, 15) is 14.4 Å². The van der Waals surface area contributed by atoms with E-state index in [1.807, 2.05) is 6.92 Å². The standard InChI is InChI=1S/C11H17NO4/c1-3-4-5-8(2)11(15)16-12-9(13)6-7-10(12)14/h8H,3-7H2,1-2H3. The Hall–Kier alpha value is -1.39. The van der Waals surface area contributed by atoms with Gasteiger partial charge in [0, 0.05) is 12.8 Å². The van der Waals surface area contributed by atoms with Gasteiger partial charge in [0.05, 0.1) is 5.92 Å². The molecule has 0 radical (unpaired) electrons. The molecule has 1 saturated heterocycles. The van der Waals surface area contributed by atoms with Crippen LogP contribution in [0.25, 0.3) is 0 Å². The lowest BCUT2D eigenvalue weighted by Gasteiger charge is -2.15. The maximum Gasteiger partial charge on any atom is 0.335 e. The molecule has 1 rings (SSSR count). The SMILES string of the molecule is CCCCC(C)C(=O)ON1C(=O)CCC1=O. The number of unbranched alkanes of at least 4 members (excludes halogenated alkanes) is 1. The van der Waals surface area contributed by atoms with E-state index in [1.54, 1.807) is 6.92 Å². The molecule has 2 amide bonds. The summed E-state index contributed by atoms with van der Waals surface area (Å²) < 4.78 is 0.